The fourth-order valence-electron chi connectivity index (χ4n) is 3.09. The molecule has 3 rings (SSSR count). The Bertz CT molecular complexity index is 915. The molecule has 1 aliphatic rings. The SMILES string of the molecule is C=CCN1C(=O)C(=O)/C(=C(\O)c2ccc(C)cc2)C1c1ccccc1Cl. The van der Waals surface area contributed by atoms with Gasteiger partial charge in [-0.3, -0.25) is 9.59 Å². The topological polar surface area (TPSA) is 57.6 Å². The van der Waals surface area contributed by atoms with Gasteiger partial charge >= 0.3 is 0 Å². The number of hydrogen-bond acceptors (Lipinski definition) is 3. The summed E-state index contributed by atoms with van der Waals surface area (Å²) in [7, 11) is 0. The zero-order valence-electron chi connectivity index (χ0n) is 14.3. The van der Waals surface area contributed by atoms with Gasteiger partial charge < -0.3 is 10.0 Å². The maximum atomic E-state index is 12.7. The number of halogens is 1. The van der Waals surface area contributed by atoms with E-state index in [0.717, 1.165) is 5.56 Å². The molecular weight excluding hydrogens is 350 g/mol. The highest BCUT2D eigenvalue weighted by Crippen LogP contribution is 2.41. The van der Waals surface area contributed by atoms with Crippen LogP contribution in [0.4, 0.5) is 0 Å². The molecule has 1 fully saturated rings. The Morgan fingerprint density at radius 2 is 1.85 bits per heavy atom. The van der Waals surface area contributed by atoms with Crippen molar-refractivity contribution in [2.75, 3.05) is 6.54 Å². The molecule has 0 spiro atoms. The molecule has 2 aromatic rings. The van der Waals surface area contributed by atoms with Crippen LogP contribution < -0.4 is 0 Å². The summed E-state index contributed by atoms with van der Waals surface area (Å²) in [5, 5.41) is 11.2. The van der Waals surface area contributed by atoms with Gasteiger partial charge in [0.05, 0.1) is 11.6 Å². The van der Waals surface area contributed by atoms with Crippen LogP contribution in [0.2, 0.25) is 5.02 Å². The Hall–Kier alpha value is -2.85. The van der Waals surface area contributed by atoms with Crippen molar-refractivity contribution < 1.29 is 14.7 Å². The van der Waals surface area contributed by atoms with Gasteiger partial charge in [0.1, 0.15) is 5.76 Å². The number of aryl methyl sites for hydroxylation is 1. The number of likely N-dealkylation sites (tertiary alicyclic amines) is 1. The van der Waals surface area contributed by atoms with E-state index in [2.05, 4.69) is 6.58 Å². The molecule has 0 aliphatic carbocycles. The van der Waals surface area contributed by atoms with E-state index in [-0.39, 0.29) is 17.9 Å². The number of hydrogen-bond donors (Lipinski definition) is 1. The summed E-state index contributed by atoms with van der Waals surface area (Å²) in [5.74, 6) is -1.61. The molecule has 1 amide bonds. The van der Waals surface area contributed by atoms with Gasteiger partial charge in [-0.2, -0.15) is 0 Å². The molecule has 2 aromatic carbocycles. The first kappa shape index (κ1) is 18.0. The molecule has 0 aromatic heterocycles. The third-order valence-electron chi connectivity index (χ3n) is 4.39. The number of nitrogens with zero attached hydrogens (tertiary/aromatic N) is 1. The molecule has 1 heterocycles. The predicted octanol–water partition coefficient (Wildman–Crippen LogP) is 4.26. The molecule has 4 nitrogen and oxygen atoms in total. The molecule has 132 valence electrons. The van der Waals surface area contributed by atoms with Gasteiger partial charge in [0.2, 0.25) is 0 Å². The van der Waals surface area contributed by atoms with E-state index >= 15 is 0 Å². The summed E-state index contributed by atoms with van der Waals surface area (Å²) < 4.78 is 0. The van der Waals surface area contributed by atoms with E-state index in [9.17, 15) is 14.7 Å². The number of ketones is 1. The molecule has 1 unspecified atom stereocenters. The Morgan fingerprint density at radius 1 is 1.19 bits per heavy atom. The summed E-state index contributed by atoms with van der Waals surface area (Å²) in [6.45, 7) is 5.75. The van der Waals surface area contributed by atoms with Gasteiger partial charge in [0, 0.05) is 17.1 Å². The highest BCUT2D eigenvalue weighted by Gasteiger charge is 2.46. The quantitative estimate of drug-likeness (QED) is 0.380. The van der Waals surface area contributed by atoms with E-state index < -0.39 is 17.7 Å². The summed E-state index contributed by atoms with van der Waals surface area (Å²) in [6.07, 6.45) is 1.54. The number of benzene rings is 2. The first-order valence-electron chi connectivity index (χ1n) is 8.16. The molecule has 0 radical (unpaired) electrons. The molecule has 1 N–H and O–H groups in total. The molecule has 5 heteroatoms. The van der Waals surface area contributed by atoms with E-state index in [1.807, 2.05) is 19.1 Å². The second-order valence-corrected chi connectivity index (χ2v) is 6.53. The number of carbonyl (C=O) groups is 2. The normalized spacial score (nSPS) is 19.0. The maximum absolute atomic E-state index is 12.7. The molecule has 1 aliphatic heterocycles. The highest BCUT2D eigenvalue weighted by molar-refractivity contribution is 6.47. The molecule has 0 saturated carbocycles. The fraction of sp³-hybridized carbons (Fsp3) is 0.143. The average Bonchev–Trinajstić information content (AvgIpc) is 2.87. The average molecular weight is 368 g/mol. The van der Waals surface area contributed by atoms with E-state index in [4.69, 9.17) is 11.6 Å². The fourth-order valence-corrected chi connectivity index (χ4v) is 3.33. The monoisotopic (exact) mass is 367 g/mol. The Balaban J connectivity index is 2.23. The summed E-state index contributed by atoms with van der Waals surface area (Å²) in [5.41, 5.74) is 2.12. The second-order valence-electron chi connectivity index (χ2n) is 6.13. The van der Waals surface area contributed by atoms with Crippen LogP contribution in [0, 0.1) is 6.92 Å². The molecule has 1 atom stereocenters. The minimum absolute atomic E-state index is 0.0359. The van der Waals surface area contributed by atoms with E-state index in [0.29, 0.717) is 16.1 Å². The van der Waals surface area contributed by atoms with Crippen LogP contribution in [-0.4, -0.2) is 28.2 Å². The van der Waals surface area contributed by atoms with Gasteiger partial charge in [-0.05, 0) is 18.6 Å². The largest absolute Gasteiger partial charge is 0.507 e. The van der Waals surface area contributed by atoms with E-state index in [1.54, 1.807) is 42.5 Å². The van der Waals surface area contributed by atoms with Crippen molar-refractivity contribution in [2.45, 2.75) is 13.0 Å². The number of aliphatic hydroxyl groups is 1. The third-order valence-corrected chi connectivity index (χ3v) is 4.73. The molecular formula is C21H18ClNO3. The molecule has 26 heavy (non-hydrogen) atoms. The van der Waals surface area contributed by atoms with Crippen molar-refractivity contribution >= 4 is 29.1 Å². The van der Waals surface area contributed by atoms with Gasteiger partial charge in [-0.25, -0.2) is 0 Å². The lowest BCUT2D eigenvalue weighted by Crippen LogP contribution is -2.29. The second kappa shape index (κ2) is 7.18. The van der Waals surface area contributed by atoms with Crippen molar-refractivity contribution in [2.24, 2.45) is 0 Å². The predicted molar refractivity (Wildman–Crippen MR) is 102 cm³/mol. The first-order chi connectivity index (χ1) is 12.5. The van der Waals surface area contributed by atoms with Gasteiger partial charge in [-0.1, -0.05) is 65.7 Å². The Kier molecular flexibility index (Phi) is 4.96. The minimum Gasteiger partial charge on any atom is -0.507 e. The van der Waals surface area contributed by atoms with Gasteiger partial charge in [0.25, 0.3) is 11.7 Å². The lowest BCUT2D eigenvalue weighted by atomic mass is 9.95. The highest BCUT2D eigenvalue weighted by atomic mass is 35.5. The number of carbonyl (C=O) groups excluding carboxylic acids is 2. The standard InChI is InChI=1S/C21H18ClNO3/c1-3-12-23-18(15-6-4-5-7-16(15)22)17(20(25)21(23)26)19(24)14-10-8-13(2)9-11-14/h3-11,18,24H,1,12H2,2H3/b19-17-. The first-order valence-corrected chi connectivity index (χ1v) is 8.54. The van der Waals surface area contributed by atoms with Crippen molar-refractivity contribution in [3.8, 4) is 0 Å². The molecule has 1 saturated heterocycles. The van der Waals surface area contributed by atoms with Gasteiger partial charge in [-0.15, -0.1) is 6.58 Å². The van der Waals surface area contributed by atoms with Crippen LogP contribution in [0.15, 0.2) is 66.8 Å². The number of rotatable bonds is 4. The maximum Gasteiger partial charge on any atom is 0.295 e. The Morgan fingerprint density at radius 3 is 2.46 bits per heavy atom. The van der Waals surface area contributed by atoms with E-state index in [1.165, 1.54) is 4.90 Å². The minimum atomic E-state index is -0.761. The third kappa shape index (κ3) is 3.04. The van der Waals surface area contributed by atoms with Crippen LogP contribution >= 0.6 is 11.6 Å². The van der Waals surface area contributed by atoms with Crippen molar-refractivity contribution in [1.29, 1.82) is 0 Å². The van der Waals surface area contributed by atoms with Crippen LogP contribution in [0.25, 0.3) is 5.76 Å². The van der Waals surface area contributed by atoms with Gasteiger partial charge in [0.15, 0.2) is 0 Å². The van der Waals surface area contributed by atoms with Crippen molar-refractivity contribution in [3.05, 3.63) is 88.5 Å². The number of Topliss-reactive ketones (excluding diaryl/α,β-unsaturated/α-hetero) is 1. The van der Waals surface area contributed by atoms with Crippen LogP contribution in [0.1, 0.15) is 22.7 Å². The van der Waals surface area contributed by atoms with Crippen LogP contribution in [0.5, 0.6) is 0 Å². The summed E-state index contributed by atoms with van der Waals surface area (Å²) >= 11 is 6.32. The lowest BCUT2D eigenvalue weighted by Gasteiger charge is -2.24. The number of aliphatic hydroxyl groups excluding tert-OH is 1. The summed E-state index contributed by atoms with van der Waals surface area (Å²) in [6, 6.07) is 13.3. The van der Waals surface area contributed by atoms with Crippen molar-refractivity contribution in [1.82, 2.24) is 4.90 Å². The Labute approximate surface area is 157 Å². The van der Waals surface area contributed by atoms with Crippen LogP contribution in [0.3, 0.4) is 0 Å². The molecule has 0 bridgehead atoms. The number of amides is 1. The smallest absolute Gasteiger partial charge is 0.295 e. The zero-order valence-corrected chi connectivity index (χ0v) is 15.0. The lowest BCUT2D eigenvalue weighted by molar-refractivity contribution is -0.139. The zero-order chi connectivity index (χ0) is 18.8. The van der Waals surface area contributed by atoms with Crippen molar-refractivity contribution in [3.63, 3.8) is 0 Å². The van der Waals surface area contributed by atoms with Crippen LogP contribution in [-0.2, 0) is 9.59 Å². The summed E-state index contributed by atoms with van der Waals surface area (Å²) in [4.78, 5) is 26.6.